The van der Waals surface area contributed by atoms with Crippen molar-refractivity contribution in [2.24, 2.45) is 5.73 Å². The van der Waals surface area contributed by atoms with Crippen LogP contribution < -0.4 is 10.5 Å². The van der Waals surface area contributed by atoms with E-state index in [9.17, 15) is 13.2 Å². The third kappa shape index (κ3) is 5.81. The second kappa shape index (κ2) is 6.79. The number of halogens is 3. The smallest absolute Gasteiger partial charge is 0.555 e. The minimum atomic E-state index is -4.72. The van der Waals surface area contributed by atoms with Crippen molar-refractivity contribution in [2.75, 3.05) is 7.05 Å². The molecule has 3 N–H and O–H groups in total. The Kier molecular flexibility index (Phi) is 6.12. The van der Waals surface area contributed by atoms with Crippen LogP contribution in [0.2, 0.25) is 0 Å². The van der Waals surface area contributed by atoms with Gasteiger partial charge in [-0.15, -0.1) is 13.2 Å². The van der Waals surface area contributed by atoms with Gasteiger partial charge in [0, 0.05) is 5.56 Å². The molecular weight excluding hydrogens is 236 g/mol. The summed E-state index contributed by atoms with van der Waals surface area (Å²) < 4.78 is 43.0. The first-order chi connectivity index (χ1) is 7.92. The van der Waals surface area contributed by atoms with E-state index in [1.807, 2.05) is 0 Å². The number of benzene rings is 1. The molecule has 8 heteroatoms. The second-order valence-corrected chi connectivity index (χ2v) is 2.52. The Morgan fingerprint density at radius 3 is 2.06 bits per heavy atom. The summed E-state index contributed by atoms with van der Waals surface area (Å²) in [6, 6.07) is 4.60. The molecule has 0 spiro atoms. The first-order valence-electron chi connectivity index (χ1n) is 4.31. The average molecular weight is 246 g/mol. The lowest BCUT2D eigenvalue weighted by molar-refractivity contribution is -0.274. The first kappa shape index (κ1) is 15.3. The van der Waals surface area contributed by atoms with Gasteiger partial charge in [-0.05, 0) is 31.3 Å². The van der Waals surface area contributed by atoms with Crippen molar-refractivity contribution in [3.05, 3.63) is 29.8 Å². The van der Waals surface area contributed by atoms with Gasteiger partial charge in [0.1, 0.15) is 5.75 Å². The zero-order valence-corrected chi connectivity index (χ0v) is 8.91. The maximum atomic E-state index is 11.8. The van der Waals surface area contributed by atoms with Gasteiger partial charge in [-0.3, -0.25) is 5.41 Å². The Hall–Kier alpha value is -1.70. The maximum Gasteiger partial charge on any atom is 0.573 e. The van der Waals surface area contributed by atoms with Crippen molar-refractivity contribution in [2.45, 2.75) is 6.36 Å². The number of hydrogen-bond donors (Lipinski definition) is 2. The topological polar surface area (TPSA) is 68.3 Å². The van der Waals surface area contributed by atoms with Crippen molar-refractivity contribution in [3.8, 4) is 5.75 Å². The summed E-state index contributed by atoms with van der Waals surface area (Å²) in [7, 11) is 6.21. The molecule has 0 fully saturated rings. The fraction of sp³-hybridized carbons (Fsp3) is 0.222. The van der Waals surface area contributed by atoms with Gasteiger partial charge in [-0.25, -0.2) is 0 Å². The normalized spacial score (nSPS) is 9.94. The van der Waals surface area contributed by atoms with E-state index in [4.69, 9.17) is 13.5 Å². The average Bonchev–Trinajstić information content (AvgIpc) is 2.29. The lowest BCUT2D eigenvalue weighted by Crippen LogP contribution is -2.17. The van der Waals surface area contributed by atoms with Crippen LogP contribution in [0.1, 0.15) is 5.56 Å². The van der Waals surface area contributed by atoms with Crippen molar-refractivity contribution < 1.29 is 22.6 Å². The van der Waals surface area contributed by atoms with E-state index in [0.717, 1.165) is 12.1 Å². The summed E-state index contributed by atoms with van der Waals surface area (Å²) in [5, 5.41) is 7.12. The van der Waals surface area contributed by atoms with Crippen LogP contribution in [0.4, 0.5) is 13.2 Å². The lowest BCUT2D eigenvalue weighted by atomic mass is 10.2. The molecule has 1 rings (SSSR count). The van der Waals surface area contributed by atoms with Crippen molar-refractivity contribution >= 4 is 13.9 Å². The molecule has 0 aromatic heterocycles. The van der Waals surface area contributed by atoms with Crippen LogP contribution in [0.25, 0.3) is 0 Å². The molecule has 2 radical (unpaired) electrons. The van der Waals surface area contributed by atoms with E-state index >= 15 is 0 Å². The number of ether oxygens (including phenoxy) is 1. The summed E-state index contributed by atoms with van der Waals surface area (Å²) in [5.41, 5.74) is 4.76. The molecule has 0 aliphatic carbocycles. The molecule has 0 heterocycles. The molecule has 0 saturated carbocycles. The standard InChI is InChI=1S/C8H5BF3NO2.CH5N/c9-15-7(13)5-1-3-6(4-2-5)14-8(10,11)12;1-2/h1-4,13H;2H2,1H3. The minimum Gasteiger partial charge on any atom is -0.555 e. The molecule has 0 aliphatic rings. The Morgan fingerprint density at radius 1 is 1.24 bits per heavy atom. The fourth-order valence-electron chi connectivity index (χ4n) is 0.876. The van der Waals surface area contributed by atoms with Gasteiger partial charge >= 0.3 is 14.4 Å². The number of nitrogens with two attached hydrogens (primary N) is 1. The van der Waals surface area contributed by atoms with E-state index in [1.54, 1.807) is 0 Å². The highest BCUT2D eigenvalue weighted by molar-refractivity contribution is 6.10. The molecule has 0 aliphatic heterocycles. The molecule has 0 unspecified atom stereocenters. The van der Waals surface area contributed by atoms with Crippen LogP contribution in [-0.2, 0) is 4.65 Å². The van der Waals surface area contributed by atoms with Crippen LogP contribution in [-0.4, -0.2) is 27.4 Å². The SMILES string of the molecule is CN.[B]OC(=N)c1ccc(OC(F)(F)F)cc1. The van der Waals surface area contributed by atoms with Crippen LogP contribution in [0, 0.1) is 5.41 Å². The third-order valence-electron chi connectivity index (χ3n) is 1.47. The number of nitrogens with one attached hydrogen (secondary N) is 1. The largest absolute Gasteiger partial charge is 0.573 e. The summed E-state index contributed by atoms with van der Waals surface area (Å²) in [5.74, 6) is -0.704. The lowest BCUT2D eigenvalue weighted by Gasteiger charge is -2.09. The van der Waals surface area contributed by atoms with Crippen LogP contribution in [0.5, 0.6) is 5.75 Å². The van der Waals surface area contributed by atoms with Gasteiger partial charge in [0.15, 0.2) is 5.90 Å². The molecule has 0 saturated heterocycles. The molecule has 1 aromatic carbocycles. The first-order valence-corrected chi connectivity index (χ1v) is 4.31. The molecular formula is C9H10BF3N2O2. The molecule has 0 atom stereocenters. The van der Waals surface area contributed by atoms with Gasteiger partial charge in [0.2, 0.25) is 0 Å². The van der Waals surface area contributed by atoms with Gasteiger partial charge < -0.3 is 15.1 Å². The molecule has 0 amide bonds. The predicted octanol–water partition coefficient (Wildman–Crippen LogP) is 1.59. The Balaban J connectivity index is 0.00000121. The monoisotopic (exact) mass is 246 g/mol. The molecule has 92 valence electrons. The highest BCUT2D eigenvalue weighted by atomic mass is 19.4. The van der Waals surface area contributed by atoms with E-state index in [2.05, 4.69) is 15.1 Å². The Morgan fingerprint density at radius 2 is 1.71 bits per heavy atom. The van der Waals surface area contributed by atoms with E-state index in [-0.39, 0.29) is 17.2 Å². The summed E-state index contributed by atoms with van der Waals surface area (Å²) in [6.07, 6.45) is -4.72. The molecule has 1 aromatic rings. The molecule has 4 nitrogen and oxygen atoms in total. The van der Waals surface area contributed by atoms with Crippen molar-refractivity contribution in [1.82, 2.24) is 0 Å². The molecule has 0 bridgehead atoms. The molecule has 17 heavy (non-hydrogen) atoms. The van der Waals surface area contributed by atoms with Crippen LogP contribution in [0.15, 0.2) is 24.3 Å². The van der Waals surface area contributed by atoms with Crippen molar-refractivity contribution in [3.63, 3.8) is 0 Å². The van der Waals surface area contributed by atoms with E-state index in [0.29, 0.717) is 0 Å². The highest BCUT2D eigenvalue weighted by Crippen LogP contribution is 2.22. The van der Waals surface area contributed by atoms with Gasteiger partial charge in [0.25, 0.3) is 0 Å². The second-order valence-electron chi connectivity index (χ2n) is 2.52. The van der Waals surface area contributed by atoms with E-state index in [1.165, 1.54) is 19.2 Å². The zero-order chi connectivity index (χ0) is 13.5. The fourth-order valence-corrected chi connectivity index (χ4v) is 0.876. The van der Waals surface area contributed by atoms with Crippen molar-refractivity contribution in [1.29, 1.82) is 5.41 Å². The van der Waals surface area contributed by atoms with Crippen LogP contribution in [0.3, 0.4) is 0 Å². The van der Waals surface area contributed by atoms with E-state index < -0.39 is 6.36 Å². The highest BCUT2D eigenvalue weighted by Gasteiger charge is 2.30. The van der Waals surface area contributed by atoms with Gasteiger partial charge in [-0.1, -0.05) is 0 Å². The third-order valence-corrected chi connectivity index (χ3v) is 1.47. The van der Waals surface area contributed by atoms with Gasteiger partial charge in [0.05, 0.1) is 0 Å². The maximum absolute atomic E-state index is 11.8. The van der Waals surface area contributed by atoms with Crippen LogP contribution >= 0.6 is 0 Å². The number of rotatable bonds is 2. The quantitative estimate of drug-likeness (QED) is 0.473. The minimum absolute atomic E-state index is 0.257. The van der Waals surface area contributed by atoms with Gasteiger partial charge in [-0.2, -0.15) is 0 Å². The Bertz CT molecular complexity index is 354. The summed E-state index contributed by atoms with van der Waals surface area (Å²) in [6.45, 7) is 0. The number of alkyl halides is 3. The summed E-state index contributed by atoms with van der Waals surface area (Å²) >= 11 is 0. The Labute approximate surface area is 97.5 Å². The predicted molar refractivity (Wildman–Crippen MR) is 56.9 cm³/mol. The zero-order valence-electron chi connectivity index (χ0n) is 8.91. The summed E-state index contributed by atoms with van der Waals surface area (Å²) in [4.78, 5) is 0. The number of hydrogen-bond acceptors (Lipinski definition) is 4.